The highest BCUT2D eigenvalue weighted by Crippen LogP contribution is 2.33. The van der Waals surface area contributed by atoms with Crippen molar-refractivity contribution in [1.29, 1.82) is 0 Å². The Morgan fingerprint density at radius 1 is 1.08 bits per heavy atom. The van der Waals surface area contributed by atoms with E-state index < -0.39 is 9.84 Å². The zero-order valence-corrected chi connectivity index (χ0v) is 16.8. The summed E-state index contributed by atoms with van der Waals surface area (Å²) in [7, 11) is -1.89. The van der Waals surface area contributed by atoms with E-state index in [1.807, 2.05) is 51.1 Å². The Hall–Kier alpha value is -2.05. The second-order valence-electron chi connectivity index (χ2n) is 7.46. The first-order valence-electron chi connectivity index (χ1n) is 8.42. The van der Waals surface area contributed by atoms with Gasteiger partial charge in [-0.05, 0) is 34.7 Å². The summed E-state index contributed by atoms with van der Waals surface area (Å²) in [5.41, 5.74) is 2.29. The summed E-state index contributed by atoms with van der Waals surface area (Å²) in [6.45, 7) is 7.00. The van der Waals surface area contributed by atoms with Crippen molar-refractivity contribution in [3.63, 3.8) is 0 Å². The first-order chi connectivity index (χ1) is 12.0. The molecule has 0 aliphatic carbocycles. The lowest BCUT2D eigenvalue weighted by atomic mass is 9.86. The third-order valence-electron chi connectivity index (χ3n) is 4.22. The quantitative estimate of drug-likeness (QED) is 0.807. The normalized spacial score (nSPS) is 12.2. The van der Waals surface area contributed by atoms with Crippen molar-refractivity contribution in [2.45, 2.75) is 44.2 Å². The smallest absolute Gasteiger partial charge is 0.179 e. The molecule has 0 aromatic heterocycles. The van der Waals surface area contributed by atoms with Gasteiger partial charge in [-0.2, -0.15) is 0 Å². The standard InChI is InChI=1S/C20H27NO4S/c1-20(2,3)16-10-15(19(22)18(11-16)26(5,23)24)13-21-12-14-6-8-17(25-4)9-7-14/h6-11,21-22H,12-13H2,1-5H3. The topological polar surface area (TPSA) is 75.6 Å². The number of sulfone groups is 1. The number of benzene rings is 2. The molecule has 0 bridgehead atoms. The summed E-state index contributed by atoms with van der Waals surface area (Å²) in [6, 6.07) is 11.1. The molecule has 6 heteroatoms. The van der Waals surface area contributed by atoms with E-state index in [2.05, 4.69) is 5.32 Å². The van der Waals surface area contributed by atoms with Crippen LogP contribution in [0, 0.1) is 0 Å². The van der Waals surface area contributed by atoms with E-state index in [4.69, 9.17) is 4.74 Å². The molecule has 0 aliphatic rings. The summed E-state index contributed by atoms with van der Waals surface area (Å²) >= 11 is 0. The van der Waals surface area contributed by atoms with Crippen LogP contribution < -0.4 is 10.1 Å². The van der Waals surface area contributed by atoms with Gasteiger partial charge in [-0.15, -0.1) is 0 Å². The maximum absolute atomic E-state index is 12.0. The van der Waals surface area contributed by atoms with Crippen LogP contribution in [-0.4, -0.2) is 26.9 Å². The van der Waals surface area contributed by atoms with Crippen molar-refractivity contribution in [2.24, 2.45) is 0 Å². The first kappa shape index (κ1) is 20.3. The molecule has 0 heterocycles. The van der Waals surface area contributed by atoms with Crippen molar-refractivity contribution >= 4 is 9.84 Å². The summed E-state index contributed by atoms with van der Waals surface area (Å²) in [4.78, 5) is -0.0221. The fraction of sp³-hybridized carbons (Fsp3) is 0.400. The number of hydrogen-bond acceptors (Lipinski definition) is 5. The van der Waals surface area contributed by atoms with Crippen molar-refractivity contribution in [3.05, 3.63) is 53.1 Å². The second kappa shape index (κ2) is 7.68. The van der Waals surface area contributed by atoms with E-state index in [-0.39, 0.29) is 16.1 Å². The summed E-state index contributed by atoms with van der Waals surface area (Å²) in [5.74, 6) is 0.616. The highest BCUT2D eigenvalue weighted by atomic mass is 32.2. The van der Waals surface area contributed by atoms with Crippen LogP contribution >= 0.6 is 0 Å². The first-order valence-corrected chi connectivity index (χ1v) is 10.3. The average Bonchev–Trinajstić information content (AvgIpc) is 2.55. The molecule has 0 atom stereocenters. The van der Waals surface area contributed by atoms with Crippen LogP contribution in [0.3, 0.4) is 0 Å². The molecule has 26 heavy (non-hydrogen) atoms. The van der Waals surface area contributed by atoms with Gasteiger partial charge in [-0.25, -0.2) is 8.42 Å². The molecular formula is C20H27NO4S. The molecule has 2 aromatic carbocycles. The predicted octanol–water partition coefficient (Wildman–Crippen LogP) is 3.39. The fourth-order valence-electron chi connectivity index (χ4n) is 2.60. The Bertz CT molecular complexity index is 866. The minimum atomic E-state index is -3.52. The number of aromatic hydroxyl groups is 1. The van der Waals surface area contributed by atoms with Gasteiger partial charge >= 0.3 is 0 Å². The fourth-order valence-corrected chi connectivity index (χ4v) is 3.42. The lowest BCUT2D eigenvalue weighted by Crippen LogP contribution is -2.17. The maximum Gasteiger partial charge on any atom is 0.179 e. The summed E-state index contributed by atoms with van der Waals surface area (Å²) < 4.78 is 29.2. The molecule has 0 saturated heterocycles. The van der Waals surface area contributed by atoms with Gasteiger partial charge in [0.15, 0.2) is 9.84 Å². The second-order valence-corrected chi connectivity index (χ2v) is 9.44. The predicted molar refractivity (Wildman–Crippen MR) is 103 cm³/mol. The van der Waals surface area contributed by atoms with Crippen LogP contribution in [0.4, 0.5) is 0 Å². The molecule has 5 nitrogen and oxygen atoms in total. The lowest BCUT2D eigenvalue weighted by Gasteiger charge is -2.22. The molecular weight excluding hydrogens is 350 g/mol. The van der Waals surface area contributed by atoms with Gasteiger partial charge in [-0.3, -0.25) is 0 Å². The largest absolute Gasteiger partial charge is 0.506 e. The monoisotopic (exact) mass is 377 g/mol. The van der Waals surface area contributed by atoms with Crippen LogP contribution in [0.15, 0.2) is 41.3 Å². The van der Waals surface area contributed by atoms with E-state index in [1.54, 1.807) is 13.2 Å². The number of ether oxygens (including phenoxy) is 1. The van der Waals surface area contributed by atoms with Crippen LogP contribution in [-0.2, 0) is 28.3 Å². The number of phenols is 1. The zero-order valence-electron chi connectivity index (χ0n) is 16.0. The lowest BCUT2D eigenvalue weighted by molar-refractivity contribution is 0.414. The van der Waals surface area contributed by atoms with E-state index in [0.29, 0.717) is 18.7 Å². The van der Waals surface area contributed by atoms with Crippen LogP contribution in [0.25, 0.3) is 0 Å². The Balaban J connectivity index is 2.24. The molecule has 2 aromatic rings. The number of nitrogens with one attached hydrogen (secondary N) is 1. The molecule has 142 valence electrons. The number of rotatable bonds is 6. The SMILES string of the molecule is COc1ccc(CNCc2cc(C(C)(C)C)cc(S(C)(=O)=O)c2O)cc1. The molecule has 0 fully saturated rings. The van der Waals surface area contributed by atoms with Crippen molar-refractivity contribution in [3.8, 4) is 11.5 Å². The van der Waals surface area contributed by atoms with Crippen molar-refractivity contribution < 1.29 is 18.3 Å². The molecule has 2 rings (SSSR count). The molecule has 0 unspecified atom stereocenters. The van der Waals surface area contributed by atoms with Crippen LogP contribution in [0.2, 0.25) is 0 Å². The number of hydrogen-bond donors (Lipinski definition) is 2. The minimum Gasteiger partial charge on any atom is -0.506 e. The van der Waals surface area contributed by atoms with Gasteiger partial charge < -0.3 is 15.2 Å². The molecule has 0 aliphatic heterocycles. The minimum absolute atomic E-state index is 0.0221. The number of phenolic OH excluding ortho intramolecular Hbond substituents is 1. The van der Waals surface area contributed by atoms with Gasteiger partial charge in [0.2, 0.25) is 0 Å². The average molecular weight is 378 g/mol. The Kier molecular flexibility index (Phi) is 5.98. The molecule has 0 saturated carbocycles. The highest BCUT2D eigenvalue weighted by molar-refractivity contribution is 7.90. The Morgan fingerprint density at radius 2 is 1.69 bits per heavy atom. The van der Waals surface area contributed by atoms with Crippen molar-refractivity contribution in [2.75, 3.05) is 13.4 Å². The van der Waals surface area contributed by atoms with Gasteiger partial charge in [0.1, 0.15) is 16.4 Å². The van der Waals surface area contributed by atoms with E-state index >= 15 is 0 Å². The molecule has 0 amide bonds. The molecule has 0 spiro atoms. The Morgan fingerprint density at radius 3 is 2.19 bits per heavy atom. The van der Waals surface area contributed by atoms with E-state index in [0.717, 1.165) is 23.1 Å². The van der Waals surface area contributed by atoms with Gasteiger partial charge in [0.05, 0.1) is 7.11 Å². The third-order valence-corrected chi connectivity index (χ3v) is 5.33. The van der Waals surface area contributed by atoms with Crippen molar-refractivity contribution in [1.82, 2.24) is 5.32 Å². The molecule has 0 radical (unpaired) electrons. The zero-order chi connectivity index (χ0) is 19.5. The highest BCUT2D eigenvalue weighted by Gasteiger charge is 2.22. The third kappa shape index (κ3) is 4.99. The van der Waals surface area contributed by atoms with E-state index in [9.17, 15) is 13.5 Å². The molecule has 2 N–H and O–H groups in total. The van der Waals surface area contributed by atoms with Gasteiger partial charge in [-0.1, -0.05) is 39.0 Å². The summed E-state index contributed by atoms with van der Waals surface area (Å²) in [6.07, 6.45) is 1.11. The van der Waals surface area contributed by atoms with Crippen LogP contribution in [0.1, 0.15) is 37.5 Å². The maximum atomic E-state index is 12.0. The Labute approximate surface area is 155 Å². The van der Waals surface area contributed by atoms with E-state index in [1.165, 1.54) is 0 Å². The van der Waals surface area contributed by atoms with Gasteiger partial charge in [0.25, 0.3) is 0 Å². The van der Waals surface area contributed by atoms with Gasteiger partial charge in [0, 0.05) is 24.9 Å². The van der Waals surface area contributed by atoms with Crippen LogP contribution in [0.5, 0.6) is 11.5 Å². The number of methoxy groups -OCH3 is 1. The summed E-state index contributed by atoms with van der Waals surface area (Å²) in [5, 5.41) is 13.7.